The van der Waals surface area contributed by atoms with E-state index in [1.165, 1.54) is 11.1 Å². The average Bonchev–Trinajstić information content (AvgIpc) is 2.75. The summed E-state index contributed by atoms with van der Waals surface area (Å²) >= 11 is 6.00. The molecule has 5 nitrogen and oxygen atoms in total. The van der Waals surface area contributed by atoms with Crippen LogP contribution in [0, 0.1) is 11.8 Å². The number of sulfonamides is 1. The SMILES string of the molecule is COc1ccc2c(c1)CCN1C[C@@H]3CCCN(S(=O)(=O)C(C)C(C)CCl)[C@@H]3C[C@@H]21. The molecule has 0 bridgehead atoms. The Morgan fingerprint density at radius 3 is 2.79 bits per heavy atom. The fourth-order valence-electron chi connectivity index (χ4n) is 5.47. The van der Waals surface area contributed by atoms with E-state index in [4.69, 9.17) is 16.3 Å². The quantitative estimate of drug-likeness (QED) is 0.655. The molecule has 162 valence electrons. The Morgan fingerprint density at radius 2 is 2.07 bits per heavy atom. The minimum Gasteiger partial charge on any atom is -0.497 e. The van der Waals surface area contributed by atoms with Gasteiger partial charge < -0.3 is 4.74 Å². The van der Waals surface area contributed by atoms with Gasteiger partial charge in [-0.25, -0.2) is 8.42 Å². The minimum absolute atomic E-state index is 0.0509. The van der Waals surface area contributed by atoms with E-state index >= 15 is 0 Å². The smallest absolute Gasteiger partial charge is 0.217 e. The summed E-state index contributed by atoms with van der Waals surface area (Å²) in [5.74, 6) is 1.64. The van der Waals surface area contributed by atoms with Crippen LogP contribution in [0.25, 0.3) is 0 Å². The number of nitrogens with zero attached hydrogens (tertiary/aromatic N) is 2. The molecule has 0 saturated carbocycles. The van der Waals surface area contributed by atoms with Gasteiger partial charge in [-0.3, -0.25) is 4.90 Å². The fraction of sp³-hybridized carbons (Fsp3) is 0.727. The van der Waals surface area contributed by atoms with Crippen LogP contribution in [0.4, 0.5) is 0 Å². The van der Waals surface area contributed by atoms with Crippen LogP contribution < -0.4 is 4.74 Å². The van der Waals surface area contributed by atoms with Gasteiger partial charge in [0.05, 0.1) is 12.4 Å². The van der Waals surface area contributed by atoms with E-state index in [1.807, 2.05) is 24.2 Å². The second-order valence-electron chi connectivity index (χ2n) is 9.02. The summed E-state index contributed by atoms with van der Waals surface area (Å²) in [6.07, 6.45) is 3.99. The van der Waals surface area contributed by atoms with Gasteiger partial charge in [-0.1, -0.05) is 13.0 Å². The lowest BCUT2D eigenvalue weighted by molar-refractivity contribution is 0.0215. The summed E-state index contributed by atoms with van der Waals surface area (Å²) in [4.78, 5) is 2.58. The Balaban J connectivity index is 1.63. The molecule has 3 heterocycles. The standard InChI is InChI=1S/C22H33ClN2O3S/c1-15(13-23)16(2)29(26,27)25-9-4-5-18-14-24-10-8-17-11-19(28-3)6-7-20(17)22(24)12-21(18)25/h6-7,11,15-16,18,21-22H,4-5,8-10,12-14H2,1-3H3/t15?,16?,18-,21+,22-/m0/s1. The average molecular weight is 441 g/mol. The summed E-state index contributed by atoms with van der Waals surface area (Å²) in [5, 5.41) is -0.445. The lowest BCUT2D eigenvalue weighted by Gasteiger charge is -2.52. The number of methoxy groups -OCH3 is 1. The zero-order valence-corrected chi connectivity index (χ0v) is 19.3. The van der Waals surface area contributed by atoms with Crippen LogP contribution in [0.3, 0.4) is 0 Å². The molecule has 0 radical (unpaired) electrons. The molecular weight excluding hydrogens is 408 g/mol. The van der Waals surface area contributed by atoms with Crippen molar-refractivity contribution < 1.29 is 13.2 Å². The Hall–Kier alpha value is -0.820. The third kappa shape index (κ3) is 3.82. The van der Waals surface area contributed by atoms with E-state index < -0.39 is 15.3 Å². The van der Waals surface area contributed by atoms with Gasteiger partial charge in [0.2, 0.25) is 10.0 Å². The largest absolute Gasteiger partial charge is 0.497 e. The Kier molecular flexibility index (Phi) is 6.18. The highest BCUT2D eigenvalue weighted by Crippen LogP contribution is 2.44. The van der Waals surface area contributed by atoms with E-state index in [0.29, 0.717) is 24.4 Å². The van der Waals surface area contributed by atoms with Crippen molar-refractivity contribution in [2.24, 2.45) is 11.8 Å². The first kappa shape index (κ1) is 21.4. The molecule has 3 aliphatic heterocycles. The van der Waals surface area contributed by atoms with Crippen LogP contribution >= 0.6 is 11.6 Å². The van der Waals surface area contributed by atoms with E-state index in [-0.39, 0.29) is 12.0 Å². The van der Waals surface area contributed by atoms with Crippen LogP contribution in [0.5, 0.6) is 5.75 Å². The molecule has 2 fully saturated rings. The molecule has 1 aromatic rings. The first-order valence-electron chi connectivity index (χ1n) is 10.8. The molecule has 29 heavy (non-hydrogen) atoms. The van der Waals surface area contributed by atoms with Gasteiger partial charge in [-0.15, -0.1) is 11.6 Å². The van der Waals surface area contributed by atoms with Crippen molar-refractivity contribution in [1.29, 1.82) is 0 Å². The number of alkyl halides is 1. The van der Waals surface area contributed by atoms with Crippen LogP contribution in [-0.2, 0) is 16.4 Å². The molecule has 7 heteroatoms. The Bertz CT molecular complexity index is 846. The molecule has 2 unspecified atom stereocenters. The lowest BCUT2D eigenvalue weighted by Crippen LogP contribution is -2.59. The van der Waals surface area contributed by atoms with Crippen molar-refractivity contribution in [1.82, 2.24) is 9.21 Å². The van der Waals surface area contributed by atoms with E-state index in [2.05, 4.69) is 17.0 Å². The normalized spacial score (nSPS) is 30.0. The molecule has 1 aromatic carbocycles. The van der Waals surface area contributed by atoms with Crippen molar-refractivity contribution in [3.63, 3.8) is 0 Å². The highest BCUT2D eigenvalue weighted by molar-refractivity contribution is 7.89. The van der Waals surface area contributed by atoms with E-state index in [0.717, 1.165) is 44.5 Å². The van der Waals surface area contributed by atoms with Gasteiger partial charge in [0, 0.05) is 37.6 Å². The zero-order chi connectivity index (χ0) is 20.8. The van der Waals surface area contributed by atoms with Crippen LogP contribution in [-0.4, -0.2) is 61.5 Å². The monoisotopic (exact) mass is 440 g/mol. The molecular formula is C22H33ClN2O3S. The highest BCUT2D eigenvalue weighted by Gasteiger charge is 2.47. The number of ether oxygens (including phenoxy) is 1. The predicted molar refractivity (Wildman–Crippen MR) is 117 cm³/mol. The number of halogens is 1. The Morgan fingerprint density at radius 1 is 1.28 bits per heavy atom. The first-order chi connectivity index (χ1) is 13.9. The minimum atomic E-state index is -3.36. The predicted octanol–water partition coefficient (Wildman–Crippen LogP) is 3.67. The molecule has 4 rings (SSSR count). The van der Waals surface area contributed by atoms with Crippen molar-refractivity contribution in [2.45, 2.75) is 56.9 Å². The number of rotatable bonds is 5. The Labute approximate surface area is 180 Å². The van der Waals surface area contributed by atoms with Crippen molar-refractivity contribution in [3.8, 4) is 5.75 Å². The number of hydrogen-bond donors (Lipinski definition) is 0. The summed E-state index contributed by atoms with van der Waals surface area (Å²) in [7, 11) is -1.66. The molecule has 0 amide bonds. The van der Waals surface area contributed by atoms with Gasteiger partial charge in [-0.2, -0.15) is 4.31 Å². The number of piperidine rings is 2. The third-order valence-corrected chi connectivity index (χ3v) is 10.5. The zero-order valence-electron chi connectivity index (χ0n) is 17.7. The van der Waals surface area contributed by atoms with E-state index in [1.54, 1.807) is 7.11 Å². The maximum absolute atomic E-state index is 13.5. The summed E-state index contributed by atoms with van der Waals surface area (Å²) < 4.78 is 34.2. The molecule has 0 spiro atoms. The topological polar surface area (TPSA) is 49.9 Å². The van der Waals surface area contributed by atoms with E-state index in [9.17, 15) is 8.42 Å². The molecule has 0 aliphatic carbocycles. The third-order valence-electron chi connectivity index (χ3n) is 7.46. The second-order valence-corrected chi connectivity index (χ2v) is 11.6. The molecule has 5 atom stereocenters. The number of hydrogen-bond acceptors (Lipinski definition) is 4. The van der Waals surface area contributed by atoms with Crippen LogP contribution in [0.15, 0.2) is 18.2 Å². The van der Waals surface area contributed by atoms with Gasteiger partial charge in [0.15, 0.2) is 0 Å². The summed E-state index contributed by atoms with van der Waals surface area (Å²) in [6.45, 7) is 6.44. The molecule has 0 N–H and O–H groups in total. The molecule has 2 saturated heterocycles. The number of benzene rings is 1. The van der Waals surface area contributed by atoms with Gasteiger partial charge in [0.25, 0.3) is 0 Å². The maximum atomic E-state index is 13.5. The van der Waals surface area contributed by atoms with Crippen LogP contribution in [0.2, 0.25) is 0 Å². The highest BCUT2D eigenvalue weighted by atomic mass is 35.5. The van der Waals surface area contributed by atoms with Gasteiger partial charge in [-0.05, 0) is 67.7 Å². The van der Waals surface area contributed by atoms with Gasteiger partial charge in [0.1, 0.15) is 5.75 Å². The van der Waals surface area contributed by atoms with Crippen molar-refractivity contribution >= 4 is 21.6 Å². The molecule has 0 aromatic heterocycles. The fourth-order valence-corrected chi connectivity index (χ4v) is 7.97. The lowest BCUT2D eigenvalue weighted by atomic mass is 9.77. The van der Waals surface area contributed by atoms with Crippen molar-refractivity contribution in [2.75, 3.05) is 32.6 Å². The first-order valence-corrected chi connectivity index (χ1v) is 12.9. The molecule has 3 aliphatic rings. The van der Waals surface area contributed by atoms with Crippen molar-refractivity contribution in [3.05, 3.63) is 29.3 Å². The second kappa shape index (κ2) is 8.37. The summed E-state index contributed by atoms with van der Waals surface area (Å²) in [5.41, 5.74) is 2.69. The summed E-state index contributed by atoms with van der Waals surface area (Å²) in [6, 6.07) is 6.76. The maximum Gasteiger partial charge on any atom is 0.217 e. The van der Waals surface area contributed by atoms with Crippen LogP contribution in [0.1, 0.15) is 50.3 Å². The van der Waals surface area contributed by atoms with Gasteiger partial charge >= 0.3 is 0 Å². The number of fused-ring (bicyclic) bond motifs is 4.